The summed E-state index contributed by atoms with van der Waals surface area (Å²) in [6.45, 7) is 2.33. The lowest BCUT2D eigenvalue weighted by Crippen LogP contribution is -2.20. The number of ether oxygens (including phenoxy) is 1. The molecule has 0 aliphatic heterocycles. The van der Waals surface area contributed by atoms with Gasteiger partial charge >= 0.3 is 0 Å². The van der Waals surface area contributed by atoms with Crippen molar-refractivity contribution in [2.24, 2.45) is 0 Å². The molecule has 0 heterocycles. The standard InChI is InChI=1S/C15H15Br2NO/c16-14-7-6-12(10-15(14)17)11-18-8-9-19-13-4-2-1-3-5-13/h1-7,10,18H,8-9,11H2. The normalized spacial score (nSPS) is 10.4. The van der Waals surface area contributed by atoms with E-state index in [2.05, 4.69) is 49.3 Å². The zero-order chi connectivity index (χ0) is 13.5. The summed E-state index contributed by atoms with van der Waals surface area (Å²) in [5.74, 6) is 0.913. The molecule has 2 rings (SSSR count). The first-order valence-electron chi connectivity index (χ1n) is 6.08. The van der Waals surface area contributed by atoms with Gasteiger partial charge in [0.1, 0.15) is 12.4 Å². The Bertz CT molecular complexity index is 517. The molecule has 0 radical (unpaired) electrons. The van der Waals surface area contributed by atoms with Gasteiger partial charge in [-0.3, -0.25) is 0 Å². The predicted octanol–water partition coefficient (Wildman–Crippen LogP) is 4.38. The quantitative estimate of drug-likeness (QED) is 0.746. The van der Waals surface area contributed by atoms with Crippen LogP contribution in [0.5, 0.6) is 5.75 Å². The van der Waals surface area contributed by atoms with Crippen LogP contribution in [-0.2, 0) is 6.54 Å². The van der Waals surface area contributed by atoms with Crippen molar-refractivity contribution in [2.45, 2.75) is 6.54 Å². The third kappa shape index (κ3) is 4.97. The summed E-state index contributed by atoms with van der Waals surface area (Å²) in [5, 5.41) is 3.36. The summed E-state index contributed by atoms with van der Waals surface area (Å²) in [6, 6.07) is 16.1. The van der Waals surface area contributed by atoms with Crippen LogP contribution in [0.3, 0.4) is 0 Å². The molecule has 0 bridgehead atoms. The van der Waals surface area contributed by atoms with Gasteiger partial charge in [-0.15, -0.1) is 0 Å². The third-order valence-corrected chi connectivity index (χ3v) is 4.48. The number of para-hydroxylation sites is 1. The van der Waals surface area contributed by atoms with Gasteiger partial charge in [0, 0.05) is 22.0 Å². The van der Waals surface area contributed by atoms with Crippen molar-refractivity contribution < 1.29 is 4.74 Å². The maximum atomic E-state index is 5.61. The second kappa shape index (κ2) is 7.68. The molecular formula is C15H15Br2NO. The summed E-state index contributed by atoms with van der Waals surface area (Å²) >= 11 is 6.96. The van der Waals surface area contributed by atoms with Crippen LogP contribution in [0.25, 0.3) is 0 Å². The molecule has 2 aromatic rings. The highest BCUT2D eigenvalue weighted by atomic mass is 79.9. The maximum absolute atomic E-state index is 5.61. The molecule has 0 amide bonds. The summed E-state index contributed by atoms with van der Waals surface area (Å²) in [7, 11) is 0. The van der Waals surface area contributed by atoms with Crippen molar-refractivity contribution in [2.75, 3.05) is 13.2 Å². The fourth-order valence-corrected chi connectivity index (χ4v) is 2.31. The number of rotatable bonds is 6. The molecule has 2 nitrogen and oxygen atoms in total. The number of hydrogen-bond acceptors (Lipinski definition) is 2. The average molecular weight is 385 g/mol. The second-order valence-corrected chi connectivity index (χ2v) is 5.80. The van der Waals surface area contributed by atoms with Crippen LogP contribution in [0.2, 0.25) is 0 Å². The lowest BCUT2D eigenvalue weighted by atomic mass is 10.2. The second-order valence-electron chi connectivity index (χ2n) is 4.09. The highest BCUT2D eigenvalue weighted by Gasteiger charge is 1.98. The van der Waals surface area contributed by atoms with E-state index in [4.69, 9.17) is 4.74 Å². The van der Waals surface area contributed by atoms with Gasteiger partial charge in [0.25, 0.3) is 0 Å². The Kier molecular flexibility index (Phi) is 5.89. The van der Waals surface area contributed by atoms with Crippen LogP contribution in [0, 0.1) is 0 Å². The molecule has 0 aromatic heterocycles. The molecular weight excluding hydrogens is 370 g/mol. The Labute approximate surface area is 130 Å². The Morgan fingerprint density at radius 3 is 2.47 bits per heavy atom. The minimum absolute atomic E-state index is 0.668. The van der Waals surface area contributed by atoms with Crippen molar-refractivity contribution in [3.63, 3.8) is 0 Å². The predicted molar refractivity (Wildman–Crippen MR) is 85.5 cm³/mol. The van der Waals surface area contributed by atoms with Gasteiger partial charge in [-0.2, -0.15) is 0 Å². The van der Waals surface area contributed by atoms with E-state index >= 15 is 0 Å². The summed E-state index contributed by atoms with van der Waals surface area (Å²) in [6.07, 6.45) is 0. The Hall–Kier alpha value is -0.840. The molecule has 0 atom stereocenters. The molecule has 1 N–H and O–H groups in total. The first-order chi connectivity index (χ1) is 9.25. The van der Waals surface area contributed by atoms with E-state index in [0.29, 0.717) is 6.61 Å². The third-order valence-electron chi connectivity index (χ3n) is 2.60. The fourth-order valence-electron chi connectivity index (χ4n) is 1.64. The van der Waals surface area contributed by atoms with Gasteiger partial charge < -0.3 is 10.1 Å². The number of hydrogen-bond donors (Lipinski definition) is 1. The van der Waals surface area contributed by atoms with E-state index in [0.717, 1.165) is 27.8 Å². The van der Waals surface area contributed by atoms with Gasteiger partial charge in [-0.1, -0.05) is 24.3 Å². The van der Waals surface area contributed by atoms with Gasteiger partial charge in [-0.05, 0) is 61.7 Å². The summed E-state index contributed by atoms with van der Waals surface area (Å²) < 4.78 is 7.76. The highest BCUT2D eigenvalue weighted by molar-refractivity contribution is 9.13. The monoisotopic (exact) mass is 383 g/mol. The summed E-state index contributed by atoms with van der Waals surface area (Å²) in [4.78, 5) is 0. The van der Waals surface area contributed by atoms with Gasteiger partial charge in [-0.25, -0.2) is 0 Å². The topological polar surface area (TPSA) is 21.3 Å². The first-order valence-corrected chi connectivity index (χ1v) is 7.67. The minimum Gasteiger partial charge on any atom is -0.492 e. The Morgan fingerprint density at radius 2 is 1.74 bits per heavy atom. The van der Waals surface area contributed by atoms with E-state index in [1.165, 1.54) is 5.56 Å². The lowest BCUT2D eigenvalue weighted by Gasteiger charge is -2.08. The maximum Gasteiger partial charge on any atom is 0.119 e. The van der Waals surface area contributed by atoms with E-state index in [1.807, 2.05) is 36.4 Å². The minimum atomic E-state index is 0.668. The largest absolute Gasteiger partial charge is 0.492 e. The Morgan fingerprint density at radius 1 is 0.947 bits per heavy atom. The fraction of sp³-hybridized carbons (Fsp3) is 0.200. The molecule has 0 aliphatic carbocycles. The average Bonchev–Trinajstić information content (AvgIpc) is 2.43. The number of halogens is 2. The molecule has 4 heteroatoms. The van der Waals surface area contributed by atoms with Crippen LogP contribution in [0.1, 0.15) is 5.56 Å². The molecule has 0 aliphatic rings. The van der Waals surface area contributed by atoms with Crippen molar-refractivity contribution in [1.82, 2.24) is 5.32 Å². The smallest absolute Gasteiger partial charge is 0.119 e. The van der Waals surface area contributed by atoms with Crippen molar-refractivity contribution in [3.8, 4) is 5.75 Å². The summed E-state index contributed by atoms with van der Waals surface area (Å²) in [5.41, 5.74) is 1.25. The first kappa shape index (κ1) is 14.6. The van der Waals surface area contributed by atoms with Crippen LogP contribution < -0.4 is 10.1 Å². The molecule has 100 valence electrons. The van der Waals surface area contributed by atoms with Crippen LogP contribution in [0.15, 0.2) is 57.5 Å². The van der Waals surface area contributed by atoms with Gasteiger partial charge in [0.05, 0.1) is 0 Å². The van der Waals surface area contributed by atoms with Gasteiger partial charge in [0.15, 0.2) is 0 Å². The molecule has 0 saturated heterocycles. The molecule has 0 unspecified atom stereocenters. The number of nitrogens with one attached hydrogen (secondary N) is 1. The lowest BCUT2D eigenvalue weighted by molar-refractivity contribution is 0.313. The van der Waals surface area contributed by atoms with Crippen molar-refractivity contribution in [3.05, 3.63) is 63.0 Å². The van der Waals surface area contributed by atoms with E-state index in [1.54, 1.807) is 0 Å². The highest BCUT2D eigenvalue weighted by Crippen LogP contribution is 2.23. The van der Waals surface area contributed by atoms with Crippen LogP contribution >= 0.6 is 31.9 Å². The zero-order valence-electron chi connectivity index (χ0n) is 10.4. The van der Waals surface area contributed by atoms with E-state index in [9.17, 15) is 0 Å². The molecule has 0 spiro atoms. The van der Waals surface area contributed by atoms with Crippen molar-refractivity contribution in [1.29, 1.82) is 0 Å². The van der Waals surface area contributed by atoms with Crippen molar-refractivity contribution >= 4 is 31.9 Å². The van der Waals surface area contributed by atoms with E-state index in [-0.39, 0.29) is 0 Å². The molecule has 19 heavy (non-hydrogen) atoms. The van der Waals surface area contributed by atoms with Crippen LogP contribution in [-0.4, -0.2) is 13.2 Å². The zero-order valence-corrected chi connectivity index (χ0v) is 13.6. The van der Waals surface area contributed by atoms with Crippen LogP contribution in [0.4, 0.5) is 0 Å². The SMILES string of the molecule is Brc1ccc(CNCCOc2ccccc2)cc1Br. The molecule has 2 aromatic carbocycles. The Balaban J connectivity index is 1.68. The molecule has 0 fully saturated rings. The number of benzene rings is 2. The van der Waals surface area contributed by atoms with Gasteiger partial charge in [0.2, 0.25) is 0 Å². The van der Waals surface area contributed by atoms with E-state index < -0.39 is 0 Å². The molecule has 0 saturated carbocycles.